The van der Waals surface area contributed by atoms with Crippen molar-refractivity contribution in [3.63, 3.8) is 0 Å². The fourth-order valence-corrected chi connectivity index (χ4v) is 9.16. The van der Waals surface area contributed by atoms with Gasteiger partial charge >= 0.3 is 5.69 Å². The maximum Gasteiger partial charge on any atom is 0.326 e. The number of piperazine rings is 1. The van der Waals surface area contributed by atoms with Crippen molar-refractivity contribution in [1.29, 1.82) is 0 Å². The first-order chi connectivity index (χ1) is 31.1. The Labute approximate surface area is 371 Å². The Balaban J connectivity index is 0.000000516. The van der Waals surface area contributed by atoms with Gasteiger partial charge in [-0.3, -0.25) is 34.1 Å². The number of nitrogens with one attached hydrogen (secondary N) is 4. The van der Waals surface area contributed by atoms with E-state index < -0.39 is 0 Å². The summed E-state index contributed by atoms with van der Waals surface area (Å²) in [5.41, 5.74) is 10.2. The molecule has 3 fully saturated rings. The molecule has 4 aliphatic heterocycles. The Morgan fingerprint density at radius 2 is 1.70 bits per heavy atom. The number of aryl methyl sites for hydroxylation is 1. The van der Waals surface area contributed by atoms with Gasteiger partial charge in [-0.05, 0) is 91.7 Å². The maximum absolute atomic E-state index is 13.3. The number of aromatic amines is 1. The molecule has 332 valence electrons. The predicted octanol–water partition coefficient (Wildman–Crippen LogP) is 5.31. The van der Waals surface area contributed by atoms with Gasteiger partial charge in [0.15, 0.2) is 0 Å². The van der Waals surface area contributed by atoms with Crippen LogP contribution in [0.5, 0.6) is 5.88 Å². The van der Waals surface area contributed by atoms with E-state index >= 15 is 0 Å². The lowest BCUT2D eigenvalue weighted by molar-refractivity contribution is -0.136. The van der Waals surface area contributed by atoms with Crippen molar-refractivity contribution in [2.45, 2.75) is 52.0 Å². The summed E-state index contributed by atoms with van der Waals surface area (Å²) in [6.45, 7) is 11.6. The van der Waals surface area contributed by atoms with E-state index in [1.165, 1.54) is 11.1 Å². The normalized spacial score (nSPS) is 18.4. The number of fused-ring (bicyclic) bond motifs is 3. The highest BCUT2D eigenvalue weighted by Crippen LogP contribution is 2.36. The number of anilines is 3. The zero-order chi connectivity index (χ0) is 44.3. The number of benzene rings is 3. The number of piperidine rings is 2. The molecule has 0 spiro atoms. The second kappa shape index (κ2) is 18.6. The van der Waals surface area contributed by atoms with E-state index in [4.69, 9.17) is 9.72 Å². The third-order valence-electron chi connectivity index (χ3n) is 13.0. The van der Waals surface area contributed by atoms with E-state index in [2.05, 4.69) is 90.1 Å². The summed E-state index contributed by atoms with van der Waals surface area (Å²) in [4.78, 5) is 70.3. The van der Waals surface area contributed by atoms with Crippen LogP contribution >= 0.6 is 0 Å². The number of para-hydroxylation sites is 1. The number of nitrogens with zero attached hydrogens (tertiary/aromatic N) is 7. The van der Waals surface area contributed by atoms with Gasteiger partial charge in [0.25, 0.3) is 0 Å². The molecular weight excluding hydrogens is 811 g/mol. The standard InChI is InChI=1S/C42H46N10O3.C6H9NO2/c1-27-34(24-44-40-38(27)43-14-21-55-40)30-8-9-31-23-45-41(47-36(31)22-30)46-32-10-6-28(7-11-32)25-51-17-19-52(20-18-51)37(53)26-50-15-12-29(13-16-50)33-4-3-5-35-39(33)49(2)42(54)48-35;1-4-2-3-5(8)7-6(4)9/h3-11,22-24,29,43H,12-21,25-26H2,1-2H3,(H,48,54)(H,45,46,47);4H,2-3H2,1H3,(H,7,8,9). The molecule has 0 aliphatic carbocycles. The van der Waals surface area contributed by atoms with Gasteiger partial charge in [0.2, 0.25) is 29.5 Å². The van der Waals surface area contributed by atoms with Crippen molar-refractivity contribution in [3.05, 3.63) is 100 Å². The van der Waals surface area contributed by atoms with Crippen LogP contribution in [0.4, 0.5) is 17.3 Å². The number of hydrogen-bond donors (Lipinski definition) is 4. The van der Waals surface area contributed by atoms with Crippen LogP contribution in [0, 0.1) is 12.8 Å². The SMILES string of the molecule is CC1CCC(=O)NC1=O.Cc1c(-c2ccc3cnc(Nc4ccc(CN5CCN(C(=O)CN6CCC(c7cccc8[nH]c(=O)n(C)c78)CC6)CC5)cc4)nc3c2)cnc2c1NCCO2. The Morgan fingerprint density at radius 3 is 2.47 bits per heavy atom. The molecule has 3 aromatic heterocycles. The minimum absolute atomic E-state index is 0.0164. The van der Waals surface area contributed by atoms with E-state index in [-0.39, 0.29) is 29.3 Å². The molecule has 64 heavy (non-hydrogen) atoms. The third kappa shape index (κ3) is 9.33. The van der Waals surface area contributed by atoms with Crippen LogP contribution in [0.25, 0.3) is 33.1 Å². The van der Waals surface area contributed by atoms with Gasteiger partial charge < -0.3 is 25.3 Å². The summed E-state index contributed by atoms with van der Waals surface area (Å²) in [7, 11) is 1.83. The molecule has 3 saturated heterocycles. The van der Waals surface area contributed by atoms with Crippen molar-refractivity contribution < 1.29 is 19.1 Å². The van der Waals surface area contributed by atoms with Crippen molar-refractivity contribution >= 4 is 57.0 Å². The molecule has 0 saturated carbocycles. The molecule has 16 nitrogen and oxygen atoms in total. The molecule has 4 aliphatic rings. The van der Waals surface area contributed by atoms with Gasteiger partial charge in [-0.1, -0.05) is 43.3 Å². The molecule has 1 atom stereocenters. The molecule has 0 radical (unpaired) electrons. The smallest absolute Gasteiger partial charge is 0.326 e. The quantitative estimate of drug-likeness (QED) is 0.145. The number of ether oxygens (including phenoxy) is 1. The molecule has 10 rings (SSSR count). The average molecular weight is 866 g/mol. The first-order valence-electron chi connectivity index (χ1n) is 22.3. The zero-order valence-corrected chi connectivity index (χ0v) is 36.7. The molecule has 0 bridgehead atoms. The van der Waals surface area contributed by atoms with Crippen molar-refractivity contribution in [1.82, 2.24) is 44.5 Å². The number of carbonyl (C=O) groups is 3. The van der Waals surface area contributed by atoms with Gasteiger partial charge in [-0.25, -0.2) is 19.7 Å². The highest BCUT2D eigenvalue weighted by Gasteiger charge is 2.28. The van der Waals surface area contributed by atoms with Crippen LogP contribution < -0.4 is 26.4 Å². The lowest BCUT2D eigenvalue weighted by Crippen LogP contribution is -2.51. The fourth-order valence-electron chi connectivity index (χ4n) is 9.16. The molecule has 1 unspecified atom stereocenters. The number of H-pyrrole nitrogens is 1. The average Bonchev–Trinajstić information content (AvgIpc) is 3.61. The second-order valence-corrected chi connectivity index (χ2v) is 17.3. The Morgan fingerprint density at radius 1 is 0.906 bits per heavy atom. The first-order valence-corrected chi connectivity index (χ1v) is 22.3. The monoisotopic (exact) mass is 865 g/mol. The summed E-state index contributed by atoms with van der Waals surface area (Å²) in [6.07, 6.45) is 6.87. The summed E-state index contributed by atoms with van der Waals surface area (Å²) in [6, 6.07) is 20.8. The van der Waals surface area contributed by atoms with Gasteiger partial charge in [0, 0.05) is 87.7 Å². The summed E-state index contributed by atoms with van der Waals surface area (Å²) < 4.78 is 7.43. The van der Waals surface area contributed by atoms with Crippen molar-refractivity contribution in [2.24, 2.45) is 13.0 Å². The molecule has 16 heteroatoms. The number of aromatic nitrogens is 5. The number of rotatable bonds is 8. The number of carbonyl (C=O) groups excluding carboxylic acids is 3. The van der Waals surface area contributed by atoms with Crippen LogP contribution in [-0.4, -0.2) is 116 Å². The number of pyridine rings is 1. The minimum Gasteiger partial charge on any atom is -0.474 e. The van der Waals surface area contributed by atoms with Crippen molar-refractivity contribution in [3.8, 4) is 17.0 Å². The van der Waals surface area contributed by atoms with Crippen LogP contribution in [0.3, 0.4) is 0 Å². The Hall–Kier alpha value is -6.65. The van der Waals surface area contributed by atoms with Crippen LogP contribution in [0.2, 0.25) is 0 Å². The van der Waals surface area contributed by atoms with Crippen LogP contribution in [0.15, 0.2) is 77.9 Å². The predicted molar refractivity (Wildman–Crippen MR) is 247 cm³/mol. The highest BCUT2D eigenvalue weighted by atomic mass is 16.5. The summed E-state index contributed by atoms with van der Waals surface area (Å²) in [5.74, 6) is 1.54. The molecule has 6 aromatic rings. The number of hydrogen-bond acceptors (Lipinski definition) is 12. The van der Waals surface area contributed by atoms with Crippen molar-refractivity contribution in [2.75, 3.05) is 69.6 Å². The fraction of sp³-hybridized carbons (Fsp3) is 0.396. The van der Waals surface area contributed by atoms with E-state index in [0.29, 0.717) is 43.7 Å². The second-order valence-electron chi connectivity index (χ2n) is 17.3. The van der Waals surface area contributed by atoms with Gasteiger partial charge in [0.1, 0.15) is 12.3 Å². The molecular formula is C48H55N11O5. The number of amides is 3. The van der Waals surface area contributed by atoms with E-state index in [9.17, 15) is 19.2 Å². The molecule has 3 aromatic carbocycles. The summed E-state index contributed by atoms with van der Waals surface area (Å²) >= 11 is 0. The van der Waals surface area contributed by atoms with Crippen LogP contribution in [0.1, 0.15) is 55.2 Å². The Kier molecular flexibility index (Phi) is 12.4. The van der Waals surface area contributed by atoms with Gasteiger partial charge in [-0.2, -0.15) is 0 Å². The third-order valence-corrected chi connectivity index (χ3v) is 13.0. The van der Waals surface area contributed by atoms with Crippen LogP contribution in [-0.2, 0) is 28.0 Å². The summed E-state index contributed by atoms with van der Waals surface area (Å²) in [5, 5.41) is 10.0. The van der Waals surface area contributed by atoms with E-state index in [0.717, 1.165) is 115 Å². The number of likely N-dealkylation sites (tertiary alicyclic amines) is 1. The first kappa shape index (κ1) is 42.6. The molecule has 3 amide bonds. The molecule has 7 heterocycles. The van der Waals surface area contributed by atoms with E-state index in [1.807, 2.05) is 49.5 Å². The van der Waals surface area contributed by atoms with E-state index in [1.54, 1.807) is 4.57 Å². The lowest BCUT2D eigenvalue weighted by Gasteiger charge is -2.37. The highest BCUT2D eigenvalue weighted by molar-refractivity contribution is 5.98. The van der Waals surface area contributed by atoms with Gasteiger partial charge in [-0.15, -0.1) is 0 Å². The minimum atomic E-state index is -0.141. The number of imide groups is 1. The topological polar surface area (TPSA) is 183 Å². The lowest BCUT2D eigenvalue weighted by atomic mass is 9.88. The Bertz CT molecular complexity index is 2750. The molecule has 4 N–H and O–H groups in total. The number of imidazole rings is 1. The maximum atomic E-state index is 13.3. The van der Waals surface area contributed by atoms with Gasteiger partial charge in [0.05, 0.1) is 23.1 Å². The largest absolute Gasteiger partial charge is 0.474 e. The zero-order valence-electron chi connectivity index (χ0n) is 36.7.